The minimum atomic E-state index is -0.0355. The third-order valence-electron chi connectivity index (χ3n) is 5.58. The summed E-state index contributed by atoms with van der Waals surface area (Å²) in [4.78, 5) is 17.6. The second-order valence-corrected chi connectivity index (χ2v) is 7.82. The van der Waals surface area contributed by atoms with Crippen molar-refractivity contribution >= 4 is 23.2 Å². The average Bonchev–Trinajstić information content (AvgIpc) is 2.72. The van der Waals surface area contributed by atoms with Gasteiger partial charge >= 0.3 is 0 Å². The maximum Gasteiger partial charge on any atom is 0.226 e. The molecule has 1 aliphatic rings. The molecule has 1 aliphatic heterocycles. The van der Waals surface area contributed by atoms with Crippen molar-refractivity contribution in [3.05, 3.63) is 65.2 Å². The van der Waals surface area contributed by atoms with Crippen LogP contribution in [0.1, 0.15) is 38.2 Å². The van der Waals surface area contributed by atoms with Crippen molar-refractivity contribution in [2.24, 2.45) is 5.92 Å². The van der Waals surface area contributed by atoms with Crippen LogP contribution in [0.3, 0.4) is 0 Å². The van der Waals surface area contributed by atoms with Gasteiger partial charge in [-0.1, -0.05) is 62.2 Å². The van der Waals surface area contributed by atoms with E-state index in [1.165, 1.54) is 11.3 Å². The van der Waals surface area contributed by atoms with E-state index in [2.05, 4.69) is 49.1 Å². The molecule has 1 saturated heterocycles. The molecule has 27 heavy (non-hydrogen) atoms. The largest absolute Gasteiger partial charge is 0.368 e. The first kappa shape index (κ1) is 19.8. The number of carbonyl (C=O) groups excluding carboxylic acids is 1. The van der Waals surface area contributed by atoms with Crippen LogP contribution in [0.2, 0.25) is 5.02 Å². The first-order valence-corrected chi connectivity index (χ1v) is 10.3. The lowest BCUT2D eigenvalue weighted by molar-refractivity contribution is -0.136. The van der Waals surface area contributed by atoms with E-state index in [0.29, 0.717) is 0 Å². The predicted octanol–water partition coefficient (Wildman–Crippen LogP) is 5.21. The number of piperazine rings is 1. The lowest BCUT2D eigenvalue weighted by Gasteiger charge is -2.38. The molecule has 2 unspecified atom stereocenters. The van der Waals surface area contributed by atoms with Crippen LogP contribution in [0.25, 0.3) is 0 Å². The standard InChI is InChI=1S/C23H29ClN2O/c1-3-8-22(19-9-7-10-20(24)17-19)18(2)23(27)26-15-13-25(14-16-26)21-11-5-4-6-12-21/h4-7,9-12,17-18,22H,3,8,13-16H2,1-2H3. The Balaban J connectivity index is 1.65. The molecule has 2 atom stereocenters. The number of nitrogens with zero attached hydrogens (tertiary/aromatic N) is 2. The number of halogens is 1. The molecular formula is C23H29ClN2O. The minimum absolute atomic E-state index is 0.0355. The maximum atomic E-state index is 13.2. The highest BCUT2D eigenvalue weighted by Crippen LogP contribution is 2.32. The van der Waals surface area contributed by atoms with Gasteiger partial charge < -0.3 is 9.80 Å². The SMILES string of the molecule is CCCC(c1cccc(Cl)c1)C(C)C(=O)N1CCN(c2ccccc2)CC1. The lowest BCUT2D eigenvalue weighted by Crippen LogP contribution is -2.50. The normalized spacial score (nSPS) is 16.9. The molecule has 0 aliphatic carbocycles. The number of hydrogen-bond donors (Lipinski definition) is 0. The van der Waals surface area contributed by atoms with E-state index in [1.54, 1.807) is 0 Å². The van der Waals surface area contributed by atoms with Crippen LogP contribution in [0.4, 0.5) is 5.69 Å². The Morgan fingerprint density at radius 1 is 1.04 bits per heavy atom. The molecule has 1 fully saturated rings. The fraction of sp³-hybridized carbons (Fsp3) is 0.435. The Kier molecular flexibility index (Phi) is 6.78. The van der Waals surface area contributed by atoms with Crippen LogP contribution in [-0.4, -0.2) is 37.0 Å². The molecule has 0 radical (unpaired) electrons. The van der Waals surface area contributed by atoms with Gasteiger partial charge in [-0.05, 0) is 42.2 Å². The maximum absolute atomic E-state index is 13.2. The number of benzene rings is 2. The Bertz CT molecular complexity index is 741. The van der Waals surface area contributed by atoms with E-state index in [1.807, 2.05) is 29.2 Å². The van der Waals surface area contributed by atoms with Gasteiger partial charge in [0.15, 0.2) is 0 Å². The van der Waals surface area contributed by atoms with Gasteiger partial charge in [0.05, 0.1) is 0 Å². The first-order valence-electron chi connectivity index (χ1n) is 9.94. The smallest absolute Gasteiger partial charge is 0.226 e. The van der Waals surface area contributed by atoms with Crippen molar-refractivity contribution in [2.75, 3.05) is 31.1 Å². The molecule has 2 aromatic carbocycles. The highest BCUT2D eigenvalue weighted by molar-refractivity contribution is 6.30. The predicted molar refractivity (Wildman–Crippen MR) is 114 cm³/mol. The minimum Gasteiger partial charge on any atom is -0.368 e. The van der Waals surface area contributed by atoms with Gasteiger partial charge in [0.2, 0.25) is 5.91 Å². The average molecular weight is 385 g/mol. The summed E-state index contributed by atoms with van der Waals surface area (Å²) in [5.74, 6) is 0.446. The fourth-order valence-corrected chi connectivity index (χ4v) is 4.24. The van der Waals surface area contributed by atoms with Gasteiger partial charge in [0.1, 0.15) is 0 Å². The molecule has 3 rings (SSSR count). The Hall–Kier alpha value is -2.00. The lowest BCUT2D eigenvalue weighted by atomic mass is 9.83. The van der Waals surface area contributed by atoms with Gasteiger partial charge in [-0.25, -0.2) is 0 Å². The molecule has 0 saturated carbocycles. The molecule has 0 bridgehead atoms. The monoisotopic (exact) mass is 384 g/mol. The Morgan fingerprint density at radius 2 is 1.74 bits per heavy atom. The van der Waals surface area contributed by atoms with Crippen molar-refractivity contribution in [3.8, 4) is 0 Å². The summed E-state index contributed by atoms with van der Waals surface area (Å²) < 4.78 is 0. The number of anilines is 1. The fourth-order valence-electron chi connectivity index (χ4n) is 4.04. The topological polar surface area (TPSA) is 23.6 Å². The molecule has 4 heteroatoms. The van der Waals surface area contributed by atoms with Gasteiger partial charge in [0, 0.05) is 42.8 Å². The molecule has 0 aromatic heterocycles. The highest BCUT2D eigenvalue weighted by Gasteiger charge is 2.30. The third-order valence-corrected chi connectivity index (χ3v) is 5.82. The number of rotatable bonds is 6. The molecule has 144 valence electrons. The molecule has 0 spiro atoms. The number of para-hydroxylation sites is 1. The Labute approximate surface area is 167 Å². The van der Waals surface area contributed by atoms with E-state index >= 15 is 0 Å². The summed E-state index contributed by atoms with van der Waals surface area (Å²) in [6.07, 6.45) is 2.05. The van der Waals surface area contributed by atoms with Crippen molar-refractivity contribution in [1.29, 1.82) is 0 Å². The quantitative estimate of drug-likeness (QED) is 0.682. The number of carbonyl (C=O) groups is 1. The van der Waals surface area contributed by atoms with Crippen molar-refractivity contribution in [2.45, 2.75) is 32.6 Å². The van der Waals surface area contributed by atoms with Crippen molar-refractivity contribution in [1.82, 2.24) is 4.90 Å². The molecule has 2 aromatic rings. The number of hydrogen-bond acceptors (Lipinski definition) is 2. The van der Waals surface area contributed by atoms with E-state index in [4.69, 9.17) is 11.6 Å². The summed E-state index contributed by atoms with van der Waals surface area (Å²) in [6, 6.07) is 18.4. The Morgan fingerprint density at radius 3 is 2.37 bits per heavy atom. The first-order chi connectivity index (χ1) is 13.1. The summed E-state index contributed by atoms with van der Waals surface area (Å²) >= 11 is 6.20. The second kappa shape index (κ2) is 9.27. The summed E-state index contributed by atoms with van der Waals surface area (Å²) in [7, 11) is 0. The zero-order chi connectivity index (χ0) is 19.2. The summed E-state index contributed by atoms with van der Waals surface area (Å²) in [6.45, 7) is 7.59. The van der Waals surface area contributed by atoms with E-state index in [-0.39, 0.29) is 17.7 Å². The van der Waals surface area contributed by atoms with Crippen LogP contribution in [-0.2, 0) is 4.79 Å². The summed E-state index contributed by atoms with van der Waals surface area (Å²) in [5, 5.41) is 0.740. The van der Waals surface area contributed by atoms with Crippen LogP contribution < -0.4 is 4.90 Å². The van der Waals surface area contributed by atoms with E-state index in [0.717, 1.165) is 44.0 Å². The zero-order valence-corrected chi connectivity index (χ0v) is 17.0. The van der Waals surface area contributed by atoms with E-state index < -0.39 is 0 Å². The van der Waals surface area contributed by atoms with Gasteiger partial charge in [-0.2, -0.15) is 0 Å². The van der Waals surface area contributed by atoms with Crippen molar-refractivity contribution < 1.29 is 4.79 Å². The van der Waals surface area contributed by atoms with Gasteiger partial charge in [-0.15, -0.1) is 0 Å². The molecule has 1 heterocycles. The zero-order valence-electron chi connectivity index (χ0n) is 16.3. The molecule has 1 amide bonds. The molecular weight excluding hydrogens is 356 g/mol. The van der Waals surface area contributed by atoms with Crippen molar-refractivity contribution in [3.63, 3.8) is 0 Å². The van der Waals surface area contributed by atoms with E-state index in [9.17, 15) is 4.79 Å². The summed E-state index contributed by atoms with van der Waals surface area (Å²) in [5.41, 5.74) is 2.41. The van der Waals surface area contributed by atoms with Crippen LogP contribution in [0.5, 0.6) is 0 Å². The highest BCUT2D eigenvalue weighted by atomic mass is 35.5. The van der Waals surface area contributed by atoms with Crippen LogP contribution in [0, 0.1) is 5.92 Å². The second-order valence-electron chi connectivity index (χ2n) is 7.39. The third kappa shape index (κ3) is 4.84. The van der Waals surface area contributed by atoms with Crippen LogP contribution in [0.15, 0.2) is 54.6 Å². The van der Waals surface area contributed by atoms with Gasteiger partial charge in [-0.3, -0.25) is 4.79 Å². The molecule has 0 N–H and O–H groups in total. The number of amides is 1. The van der Waals surface area contributed by atoms with Crippen LogP contribution >= 0.6 is 11.6 Å². The van der Waals surface area contributed by atoms with Gasteiger partial charge in [0.25, 0.3) is 0 Å². The molecule has 3 nitrogen and oxygen atoms in total.